The first kappa shape index (κ1) is 4.92. The summed E-state index contributed by atoms with van der Waals surface area (Å²) >= 11 is 4.91. The third kappa shape index (κ3) is 2.92. The van der Waals surface area contributed by atoms with Crippen molar-refractivity contribution in [3.05, 3.63) is 0 Å². The SMILES string of the molecule is [Pd][N]=[N][Pd]. The van der Waals surface area contributed by atoms with Crippen LogP contribution in [0.4, 0.5) is 0 Å². The summed E-state index contributed by atoms with van der Waals surface area (Å²) in [6, 6.07) is 0. The molecule has 0 N–H and O–H groups in total. The molecule has 0 atom stereocenters. The predicted molar refractivity (Wildman–Crippen MR) is 4.86 cm³/mol. The molecular weight excluding hydrogens is 241 g/mol. The summed E-state index contributed by atoms with van der Waals surface area (Å²) in [5.74, 6) is 0. The van der Waals surface area contributed by atoms with Crippen molar-refractivity contribution in [2.45, 2.75) is 0 Å². The van der Waals surface area contributed by atoms with Crippen LogP contribution in [0.25, 0.3) is 0 Å². The molecule has 0 aliphatic heterocycles. The van der Waals surface area contributed by atoms with E-state index in [0.717, 1.165) is 0 Å². The van der Waals surface area contributed by atoms with E-state index in [2.05, 4.69) is 46.4 Å². The Kier molecular flexibility index (Phi) is 4.83. The first-order chi connectivity index (χ1) is 1.91. The topological polar surface area (TPSA) is 24.7 Å². The van der Waals surface area contributed by atoms with E-state index in [1.54, 1.807) is 0 Å². The third-order valence-corrected chi connectivity index (χ3v) is 0.700. The van der Waals surface area contributed by atoms with Gasteiger partial charge in [-0.05, 0) is 0 Å². The molecule has 2 nitrogen and oxygen atoms in total. The van der Waals surface area contributed by atoms with Gasteiger partial charge >= 0.3 is 46.4 Å². The zero-order valence-electron chi connectivity index (χ0n) is 1.53. The van der Waals surface area contributed by atoms with Gasteiger partial charge in [0.1, 0.15) is 0 Å². The molecule has 0 saturated carbocycles. The maximum atomic E-state index is 3.14. The number of rotatable bonds is 0. The van der Waals surface area contributed by atoms with Crippen LogP contribution in [0.15, 0.2) is 7.50 Å². The summed E-state index contributed by atoms with van der Waals surface area (Å²) in [4.78, 5) is 0. The molecular formula is N2Pd2. The third-order valence-electron chi connectivity index (χ3n) is 0.0200. The van der Waals surface area contributed by atoms with Gasteiger partial charge in [0.25, 0.3) is 0 Å². The maximum absolute atomic E-state index is 3.14. The number of hydrogen-bond acceptors (Lipinski definition) is 2. The summed E-state index contributed by atoms with van der Waals surface area (Å²) in [6.45, 7) is 0. The van der Waals surface area contributed by atoms with Crippen LogP contribution in [0.2, 0.25) is 0 Å². The standard InChI is InChI=1S/N2.2Pd/c1-2;;/q-2;2*+1. The Labute approximate surface area is 46.4 Å². The fraction of sp³-hybridized carbons (Fsp3) is 0. The van der Waals surface area contributed by atoms with Crippen molar-refractivity contribution in [3.8, 4) is 0 Å². The van der Waals surface area contributed by atoms with Crippen molar-refractivity contribution in [1.29, 1.82) is 0 Å². The van der Waals surface area contributed by atoms with Crippen molar-refractivity contribution in [3.63, 3.8) is 0 Å². The van der Waals surface area contributed by atoms with Crippen LogP contribution >= 0.6 is 0 Å². The van der Waals surface area contributed by atoms with Gasteiger partial charge in [0.15, 0.2) is 0 Å². The van der Waals surface area contributed by atoms with Gasteiger partial charge in [0.05, 0.1) is 0 Å². The molecule has 0 aliphatic carbocycles. The molecule has 0 aromatic rings. The second kappa shape index (κ2) is 3.92. The molecule has 0 radical (unpaired) electrons. The van der Waals surface area contributed by atoms with E-state index in [-0.39, 0.29) is 0 Å². The Morgan fingerprint density at radius 3 is 1.25 bits per heavy atom. The summed E-state index contributed by atoms with van der Waals surface area (Å²) in [7, 11) is 0. The molecule has 0 aliphatic rings. The number of nitrogens with zero attached hydrogens (tertiary/aromatic N) is 2. The summed E-state index contributed by atoms with van der Waals surface area (Å²) in [5.41, 5.74) is 0. The van der Waals surface area contributed by atoms with Gasteiger partial charge in [0, 0.05) is 0 Å². The Balaban J connectivity index is 2.55. The molecule has 0 fully saturated rings. The van der Waals surface area contributed by atoms with Crippen LogP contribution < -0.4 is 0 Å². The first-order valence-corrected chi connectivity index (χ1v) is 1.87. The van der Waals surface area contributed by atoms with Gasteiger partial charge in [-0.3, -0.25) is 0 Å². The molecule has 0 unspecified atom stereocenters. The van der Waals surface area contributed by atoms with Crippen molar-refractivity contribution < 1.29 is 38.9 Å². The van der Waals surface area contributed by atoms with E-state index in [0.29, 0.717) is 0 Å². The molecule has 0 amide bonds. The molecule has 30 valence electrons. The Morgan fingerprint density at radius 2 is 1.25 bits per heavy atom. The van der Waals surface area contributed by atoms with E-state index in [9.17, 15) is 0 Å². The van der Waals surface area contributed by atoms with Gasteiger partial charge in [-0.15, -0.1) is 0 Å². The van der Waals surface area contributed by atoms with Gasteiger partial charge < -0.3 is 0 Å². The van der Waals surface area contributed by atoms with E-state index >= 15 is 0 Å². The molecule has 0 aromatic heterocycles. The number of hydrogen-bond donors (Lipinski definition) is 0. The normalized spacial score (nSPS) is 10.0. The fourth-order valence-corrected chi connectivity index (χ4v) is 0. The minimum absolute atomic E-state index is 2.46. The van der Waals surface area contributed by atoms with Crippen molar-refractivity contribution in [1.82, 2.24) is 0 Å². The van der Waals surface area contributed by atoms with E-state index < -0.39 is 0 Å². The average molecular weight is 241 g/mol. The van der Waals surface area contributed by atoms with Crippen LogP contribution in [-0.4, -0.2) is 0 Å². The van der Waals surface area contributed by atoms with Gasteiger partial charge in [-0.1, -0.05) is 0 Å². The predicted octanol–water partition coefficient (Wildman–Crippen LogP) is 0.362. The fourth-order valence-electron chi connectivity index (χ4n) is 0. The van der Waals surface area contributed by atoms with E-state index in [4.69, 9.17) is 0 Å². The zero-order valence-corrected chi connectivity index (χ0v) is 4.64. The summed E-state index contributed by atoms with van der Waals surface area (Å²) in [5, 5.41) is 0. The van der Waals surface area contributed by atoms with Crippen LogP contribution in [0.3, 0.4) is 0 Å². The minimum atomic E-state index is 2.46. The van der Waals surface area contributed by atoms with Crippen molar-refractivity contribution in [2.24, 2.45) is 7.50 Å². The molecule has 0 saturated heterocycles. The second-order valence-electron chi connectivity index (χ2n) is 0.126. The van der Waals surface area contributed by atoms with Crippen LogP contribution in [-0.2, 0) is 38.9 Å². The van der Waals surface area contributed by atoms with Crippen molar-refractivity contribution >= 4 is 0 Å². The summed E-state index contributed by atoms with van der Waals surface area (Å²) in [6.07, 6.45) is 0. The Morgan fingerprint density at radius 1 is 1.00 bits per heavy atom. The quantitative estimate of drug-likeness (QED) is 0.432. The van der Waals surface area contributed by atoms with E-state index in [1.807, 2.05) is 0 Å². The van der Waals surface area contributed by atoms with Crippen molar-refractivity contribution in [2.75, 3.05) is 0 Å². The van der Waals surface area contributed by atoms with Gasteiger partial charge in [-0.25, -0.2) is 0 Å². The van der Waals surface area contributed by atoms with Gasteiger partial charge in [-0.2, -0.15) is 0 Å². The van der Waals surface area contributed by atoms with Crippen LogP contribution in [0.1, 0.15) is 0 Å². The molecule has 0 heterocycles. The monoisotopic (exact) mass is 240 g/mol. The first-order valence-electron chi connectivity index (χ1n) is 0.483. The van der Waals surface area contributed by atoms with Gasteiger partial charge in [0.2, 0.25) is 0 Å². The molecule has 0 spiro atoms. The van der Waals surface area contributed by atoms with E-state index in [1.165, 1.54) is 0 Å². The average Bonchev–Trinajstić information content (AvgIpc) is 1.37. The summed E-state index contributed by atoms with van der Waals surface area (Å²) < 4.78 is 6.29. The molecule has 4 heavy (non-hydrogen) atoms. The molecule has 4 heteroatoms. The zero-order chi connectivity index (χ0) is 3.41. The molecule has 0 aromatic carbocycles. The van der Waals surface area contributed by atoms with Crippen LogP contribution in [0, 0.1) is 0 Å². The Bertz CT molecular complexity index is 19.2. The Hall–Kier alpha value is 0.925. The second-order valence-corrected chi connectivity index (χ2v) is 0.748. The van der Waals surface area contributed by atoms with Crippen LogP contribution in [0.5, 0.6) is 0 Å². The molecule has 0 rings (SSSR count). The molecule has 0 bridgehead atoms.